The first-order chi connectivity index (χ1) is 14.5. The number of rotatable bonds is 4. The monoisotopic (exact) mass is 448 g/mol. The van der Waals surface area contributed by atoms with Crippen LogP contribution >= 0.6 is 0 Å². The quantitative estimate of drug-likeness (QED) is 0.521. The third kappa shape index (κ3) is 3.57. The third-order valence-electron chi connectivity index (χ3n) is 5.06. The van der Waals surface area contributed by atoms with Gasteiger partial charge in [-0.1, -0.05) is 16.8 Å². The molecule has 1 amide bonds. The van der Waals surface area contributed by atoms with Gasteiger partial charge in [0.25, 0.3) is 21.5 Å². The van der Waals surface area contributed by atoms with Crippen LogP contribution < -0.4 is 15.6 Å². The topological polar surface area (TPSA) is 136 Å². The molecule has 4 rings (SSSR count). The van der Waals surface area contributed by atoms with E-state index in [1.54, 1.807) is 44.3 Å². The molecule has 0 saturated carbocycles. The van der Waals surface area contributed by atoms with Gasteiger partial charge in [0, 0.05) is 0 Å². The molecule has 0 bridgehead atoms. The van der Waals surface area contributed by atoms with Gasteiger partial charge in [0.2, 0.25) is 18.6 Å². The zero-order valence-electron chi connectivity index (χ0n) is 17.2. The van der Waals surface area contributed by atoms with Crippen molar-refractivity contribution in [2.24, 2.45) is 0 Å². The standard InChI is InChI=1S/C19H21N5O6S/c1-19(2)18-21-14(15(25)17(27)23(18)8-9-30-19)16(26)20-11-22-10-12-6-4-5-7-13(12)24(22)31(3,28)29/h4-7,10H,8-9,11H2,1-3H3,(H-,20,25,26)/p+1. The zero-order chi connectivity index (χ0) is 22.6. The first-order valence-corrected chi connectivity index (χ1v) is 11.3. The Hall–Kier alpha value is -3.25. The molecule has 0 atom stereocenters. The van der Waals surface area contributed by atoms with Crippen molar-refractivity contribution in [3.63, 3.8) is 0 Å². The minimum absolute atomic E-state index is 0.213. The van der Waals surface area contributed by atoms with Crippen molar-refractivity contribution in [1.29, 1.82) is 0 Å². The SMILES string of the molecule is CC1(C)OCCn2c1nc(C(=O)NC[n+]1cc3ccccc3n1S(C)(=O)=O)c(O)c2=O. The number of nitrogens with one attached hydrogen (secondary N) is 1. The molecule has 2 N–H and O–H groups in total. The number of aromatic nitrogens is 4. The van der Waals surface area contributed by atoms with E-state index in [-0.39, 0.29) is 25.6 Å². The third-order valence-corrected chi connectivity index (χ3v) is 6.09. The highest BCUT2D eigenvalue weighted by Gasteiger charge is 2.34. The number of hydrogen-bond acceptors (Lipinski definition) is 7. The first kappa shape index (κ1) is 21.0. The minimum Gasteiger partial charge on any atom is -0.501 e. The Balaban J connectivity index is 1.70. The molecule has 0 unspecified atom stereocenters. The summed E-state index contributed by atoms with van der Waals surface area (Å²) >= 11 is 0. The summed E-state index contributed by atoms with van der Waals surface area (Å²) in [6.45, 7) is 3.68. The van der Waals surface area contributed by atoms with Crippen LogP contribution in [0.3, 0.4) is 0 Å². The van der Waals surface area contributed by atoms with Crippen molar-refractivity contribution in [3.8, 4) is 5.75 Å². The van der Waals surface area contributed by atoms with Gasteiger partial charge in [0.15, 0.2) is 5.69 Å². The Labute approximate surface area is 177 Å². The molecule has 0 saturated heterocycles. The summed E-state index contributed by atoms with van der Waals surface area (Å²) in [6.07, 6.45) is 2.63. The van der Waals surface area contributed by atoms with E-state index in [2.05, 4.69) is 10.3 Å². The number of benzene rings is 1. The predicted octanol–water partition coefficient (Wildman–Crippen LogP) is -0.348. The Morgan fingerprint density at radius 3 is 2.77 bits per heavy atom. The summed E-state index contributed by atoms with van der Waals surface area (Å²) in [7, 11) is -3.68. The van der Waals surface area contributed by atoms with Crippen LogP contribution in [0, 0.1) is 0 Å². The molecule has 0 aliphatic carbocycles. The zero-order valence-corrected chi connectivity index (χ0v) is 18.0. The average molecular weight is 448 g/mol. The van der Waals surface area contributed by atoms with Crippen LogP contribution in [-0.2, 0) is 33.6 Å². The number of ether oxygens (including phenoxy) is 1. The van der Waals surface area contributed by atoms with Crippen LogP contribution in [0.25, 0.3) is 10.9 Å². The molecule has 11 nitrogen and oxygen atoms in total. The average Bonchev–Trinajstić information content (AvgIpc) is 3.07. The van der Waals surface area contributed by atoms with Gasteiger partial charge in [-0.15, -0.1) is 0 Å². The second-order valence-electron chi connectivity index (χ2n) is 7.75. The van der Waals surface area contributed by atoms with Crippen molar-refractivity contribution < 1.29 is 27.7 Å². The Morgan fingerprint density at radius 2 is 2.06 bits per heavy atom. The molecule has 1 aromatic carbocycles. The highest BCUT2D eigenvalue weighted by molar-refractivity contribution is 7.89. The molecule has 0 spiro atoms. The second-order valence-corrected chi connectivity index (χ2v) is 9.56. The molecule has 31 heavy (non-hydrogen) atoms. The van der Waals surface area contributed by atoms with E-state index < -0.39 is 38.5 Å². The molecular weight excluding hydrogens is 426 g/mol. The highest BCUT2D eigenvalue weighted by atomic mass is 32.2. The predicted molar refractivity (Wildman–Crippen MR) is 109 cm³/mol. The van der Waals surface area contributed by atoms with E-state index in [1.165, 1.54) is 9.25 Å². The Morgan fingerprint density at radius 1 is 1.35 bits per heavy atom. The van der Waals surface area contributed by atoms with Gasteiger partial charge in [0.05, 0.1) is 24.8 Å². The summed E-state index contributed by atoms with van der Waals surface area (Å²) in [5, 5.41) is 13.5. The molecule has 3 aromatic rings. The van der Waals surface area contributed by atoms with Gasteiger partial charge < -0.3 is 9.84 Å². The molecule has 12 heteroatoms. The fraction of sp³-hybridized carbons (Fsp3) is 0.368. The van der Waals surface area contributed by atoms with Gasteiger partial charge >= 0.3 is 0 Å². The maximum Gasteiger partial charge on any atom is 0.296 e. The van der Waals surface area contributed by atoms with Crippen LogP contribution in [0.1, 0.15) is 30.2 Å². The van der Waals surface area contributed by atoms with Gasteiger partial charge in [-0.3, -0.25) is 19.5 Å². The Kier molecular flexibility index (Phi) is 4.85. The van der Waals surface area contributed by atoms with Crippen LogP contribution in [0.15, 0.2) is 35.3 Å². The van der Waals surface area contributed by atoms with Crippen molar-refractivity contribution in [1.82, 2.24) is 19.0 Å². The van der Waals surface area contributed by atoms with Gasteiger partial charge in [0.1, 0.15) is 16.9 Å². The summed E-state index contributed by atoms with van der Waals surface area (Å²) in [4.78, 5) is 29.5. The fourth-order valence-corrected chi connectivity index (χ4v) is 4.67. The number of nitrogens with zero attached hydrogens (tertiary/aromatic N) is 4. The van der Waals surface area contributed by atoms with Gasteiger partial charge in [-0.05, 0) is 30.1 Å². The van der Waals surface area contributed by atoms with Crippen molar-refractivity contribution >= 4 is 26.8 Å². The van der Waals surface area contributed by atoms with E-state index in [0.717, 1.165) is 10.3 Å². The maximum absolute atomic E-state index is 12.8. The smallest absolute Gasteiger partial charge is 0.296 e. The lowest BCUT2D eigenvalue weighted by atomic mass is 10.1. The molecule has 164 valence electrons. The fourth-order valence-electron chi connectivity index (χ4n) is 3.66. The summed E-state index contributed by atoms with van der Waals surface area (Å²) < 4.78 is 33.9. The number of aromatic hydroxyl groups is 1. The molecule has 0 fully saturated rings. The molecule has 2 aromatic heterocycles. The highest BCUT2D eigenvalue weighted by Crippen LogP contribution is 2.27. The van der Waals surface area contributed by atoms with E-state index >= 15 is 0 Å². The van der Waals surface area contributed by atoms with Gasteiger partial charge in [-0.25, -0.2) is 13.4 Å². The summed E-state index contributed by atoms with van der Waals surface area (Å²) in [5.41, 5.74) is -1.65. The van der Waals surface area contributed by atoms with Crippen molar-refractivity contribution in [3.05, 3.63) is 52.3 Å². The summed E-state index contributed by atoms with van der Waals surface area (Å²) in [6, 6.07) is 6.87. The lowest BCUT2D eigenvalue weighted by molar-refractivity contribution is -0.760. The number of carbonyl (C=O) groups excluding carboxylic acids is 1. The van der Waals surface area contributed by atoms with Gasteiger partial charge in [-0.2, -0.15) is 0 Å². The van der Waals surface area contributed by atoms with E-state index in [9.17, 15) is 23.1 Å². The molecule has 1 aliphatic rings. The van der Waals surface area contributed by atoms with Crippen molar-refractivity contribution in [2.45, 2.75) is 32.7 Å². The van der Waals surface area contributed by atoms with E-state index in [4.69, 9.17) is 4.74 Å². The maximum atomic E-state index is 12.8. The largest absolute Gasteiger partial charge is 0.501 e. The van der Waals surface area contributed by atoms with Crippen LogP contribution in [0.2, 0.25) is 0 Å². The normalized spacial score (nSPS) is 15.6. The molecule has 0 radical (unpaired) electrons. The Bertz CT molecular complexity index is 1370. The minimum atomic E-state index is -3.68. The lowest BCUT2D eigenvalue weighted by Crippen LogP contribution is -2.51. The molecule has 1 aliphatic heterocycles. The van der Waals surface area contributed by atoms with Crippen molar-refractivity contribution in [2.75, 3.05) is 12.9 Å². The van der Waals surface area contributed by atoms with E-state index in [1.807, 2.05) is 0 Å². The number of carbonyl (C=O) groups is 1. The number of amides is 1. The summed E-state index contributed by atoms with van der Waals surface area (Å²) in [5.74, 6) is -1.37. The molecule has 3 heterocycles. The van der Waals surface area contributed by atoms with E-state index in [0.29, 0.717) is 10.9 Å². The second kappa shape index (κ2) is 7.17. The van der Waals surface area contributed by atoms with Crippen LogP contribution in [-0.4, -0.2) is 45.9 Å². The number of para-hydroxylation sites is 1. The van der Waals surface area contributed by atoms with Crippen LogP contribution in [0.4, 0.5) is 0 Å². The first-order valence-electron chi connectivity index (χ1n) is 9.48. The number of fused-ring (bicyclic) bond motifs is 2. The lowest BCUT2D eigenvalue weighted by Gasteiger charge is -2.32. The van der Waals surface area contributed by atoms with Crippen LogP contribution in [0.5, 0.6) is 5.75 Å². The molecular formula is C19H22N5O6S+. The number of hydrogen-bond donors (Lipinski definition) is 2.